The number of allylic oxidation sites excluding steroid dienone is 1. The van der Waals surface area contributed by atoms with Crippen molar-refractivity contribution in [1.82, 2.24) is 4.57 Å². The molecule has 6 heteroatoms. The predicted octanol–water partition coefficient (Wildman–Crippen LogP) is 2.95. The second-order valence-corrected chi connectivity index (χ2v) is 5.53. The van der Waals surface area contributed by atoms with E-state index < -0.39 is 0 Å². The summed E-state index contributed by atoms with van der Waals surface area (Å²) in [6.07, 6.45) is 2.29. The van der Waals surface area contributed by atoms with E-state index in [1.807, 2.05) is 0 Å². The molecule has 1 N–H and O–H groups in total. The lowest BCUT2D eigenvalue weighted by molar-refractivity contribution is 0.233. The summed E-state index contributed by atoms with van der Waals surface area (Å²) in [5.41, 5.74) is 1.52. The molecule has 0 fully saturated rings. The minimum Gasteiger partial charge on any atom is -0.505 e. The van der Waals surface area contributed by atoms with Crippen LogP contribution in [0.25, 0.3) is 5.76 Å². The van der Waals surface area contributed by atoms with Crippen LogP contribution in [0.4, 0.5) is 10.1 Å². The molecule has 0 unspecified atom stereocenters. The number of hydrogen-bond acceptors (Lipinski definition) is 4. The van der Waals surface area contributed by atoms with Gasteiger partial charge in [0.25, 0.3) is 5.56 Å². The van der Waals surface area contributed by atoms with Crippen LogP contribution in [-0.2, 0) is 17.7 Å². The lowest BCUT2D eigenvalue weighted by Crippen LogP contribution is -2.30. The fourth-order valence-corrected chi connectivity index (χ4v) is 2.74. The van der Waals surface area contributed by atoms with Crippen LogP contribution < -0.4 is 5.56 Å². The van der Waals surface area contributed by atoms with Gasteiger partial charge in [0.15, 0.2) is 5.75 Å². The summed E-state index contributed by atoms with van der Waals surface area (Å²) in [7, 11) is 0. The second-order valence-electron chi connectivity index (χ2n) is 5.53. The minimum absolute atomic E-state index is 0.181. The molecular formula is C18H17FN2O3. The van der Waals surface area contributed by atoms with Crippen LogP contribution in [0.2, 0.25) is 0 Å². The van der Waals surface area contributed by atoms with Gasteiger partial charge in [0.1, 0.15) is 29.6 Å². The summed E-state index contributed by atoms with van der Waals surface area (Å²) >= 11 is 0. The number of aromatic nitrogens is 1. The van der Waals surface area contributed by atoms with Crippen molar-refractivity contribution in [2.75, 3.05) is 6.61 Å². The summed E-state index contributed by atoms with van der Waals surface area (Å²) in [6, 6.07) is 6.14. The lowest BCUT2D eigenvalue weighted by Gasteiger charge is -2.24. The summed E-state index contributed by atoms with van der Waals surface area (Å²) in [4.78, 5) is 16.2. The highest BCUT2D eigenvalue weighted by Gasteiger charge is 2.25. The Morgan fingerprint density at radius 2 is 2.12 bits per heavy atom. The van der Waals surface area contributed by atoms with E-state index >= 15 is 0 Å². The third kappa shape index (κ3) is 2.71. The van der Waals surface area contributed by atoms with E-state index in [0.717, 1.165) is 5.56 Å². The molecular weight excluding hydrogens is 311 g/mol. The summed E-state index contributed by atoms with van der Waals surface area (Å²) in [5, 5.41) is 10.2. The molecule has 1 aromatic heterocycles. The first kappa shape index (κ1) is 16.0. The van der Waals surface area contributed by atoms with Gasteiger partial charge in [-0.05, 0) is 43.8 Å². The molecule has 1 aromatic carbocycles. The number of benzene rings is 1. The number of hydrogen-bond donors (Lipinski definition) is 1. The molecule has 124 valence electrons. The molecule has 2 heterocycles. The number of ether oxygens (including phenoxy) is 1. The molecule has 0 spiro atoms. The molecule has 2 aromatic rings. The first-order valence-electron chi connectivity index (χ1n) is 7.53. The minimum atomic E-state index is -0.296. The monoisotopic (exact) mass is 328 g/mol. The van der Waals surface area contributed by atoms with Crippen LogP contribution in [-0.4, -0.2) is 23.0 Å². The largest absolute Gasteiger partial charge is 0.505 e. The van der Waals surface area contributed by atoms with Crippen LogP contribution in [0.15, 0.2) is 40.1 Å². The van der Waals surface area contributed by atoms with Crippen LogP contribution in [0.5, 0.6) is 5.75 Å². The Morgan fingerprint density at radius 1 is 1.42 bits per heavy atom. The molecule has 1 aliphatic heterocycles. The number of nitrogens with zero attached hydrogens (tertiary/aromatic N) is 2. The van der Waals surface area contributed by atoms with Crippen LogP contribution in [0.1, 0.15) is 16.8 Å². The van der Waals surface area contributed by atoms with Gasteiger partial charge in [-0.15, -0.1) is 0 Å². The Balaban J connectivity index is 2.08. The zero-order chi connectivity index (χ0) is 17.3. The van der Waals surface area contributed by atoms with Crippen molar-refractivity contribution in [3.63, 3.8) is 0 Å². The topological polar surface area (TPSA) is 63.8 Å². The van der Waals surface area contributed by atoms with Gasteiger partial charge in [-0.2, -0.15) is 0 Å². The molecule has 0 amide bonds. The van der Waals surface area contributed by atoms with Crippen molar-refractivity contribution >= 4 is 18.2 Å². The fraction of sp³-hybridized carbons (Fsp3) is 0.222. The smallest absolute Gasteiger partial charge is 0.258 e. The first-order valence-corrected chi connectivity index (χ1v) is 7.53. The molecule has 3 rings (SSSR count). The highest BCUT2D eigenvalue weighted by molar-refractivity contribution is 5.75. The lowest BCUT2D eigenvalue weighted by atomic mass is 10.1. The van der Waals surface area contributed by atoms with E-state index in [2.05, 4.69) is 11.7 Å². The number of halogens is 1. The standard InChI is InChI=1S/C18H17FN2O3/c1-11-17(22)15(20-2)16-14(24-10-9-21(16)18(11)23)8-5-12-3-6-13(19)7-4-12/h3-4,6-8,22H,2,5,9-10H2,1H3/b14-8-. The van der Waals surface area contributed by atoms with Gasteiger partial charge >= 0.3 is 0 Å². The normalized spacial score (nSPS) is 15.0. The number of pyridine rings is 1. The third-order valence-electron chi connectivity index (χ3n) is 4.04. The molecule has 0 radical (unpaired) electrons. The van der Waals surface area contributed by atoms with Crippen molar-refractivity contribution in [1.29, 1.82) is 0 Å². The van der Waals surface area contributed by atoms with Crippen molar-refractivity contribution in [3.8, 4) is 5.75 Å². The maximum absolute atomic E-state index is 13.0. The highest BCUT2D eigenvalue weighted by atomic mass is 19.1. The molecule has 1 aliphatic rings. The summed E-state index contributed by atoms with van der Waals surface area (Å²) < 4.78 is 20.2. The molecule has 24 heavy (non-hydrogen) atoms. The van der Waals surface area contributed by atoms with Crippen molar-refractivity contribution in [2.24, 2.45) is 4.99 Å². The molecule has 0 aliphatic carbocycles. The van der Waals surface area contributed by atoms with Crippen LogP contribution in [0, 0.1) is 12.7 Å². The fourth-order valence-electron chi connectivity index (χ4n) is 2.74. The number of aromatic hydroxyl groups is 1. The SMILES string of the molecule is C=Nc1c(O)c(C)c(=O)n2c1/C(=C/Cc1ccc(F)cc1)OCC2. The maximum atomic E-state index is 13.0. The zero-order valence-electron chi connectivity index (χ0n) is 13.3. The van der Waals surface area contributed by atoms with Gasteiger partial charge in [0, 0.05) is 0 Å². The third-order valence-corrected chi connectivity index (χ3v) is 4.04. The van der Waals surface area contributed by atoms with Crippen LogP contribution in [0.3, 0.4) is 0 Å². The van der Waals surface area contributed by atoms with Gasteiger partial charge in [0.05, 0.1) is 12.1 Å². The van der Waals surface area contributed by atoms with E-state index in [0.29, 0.717) is 31.0 Å². The quantitative estimate of drug-likeness (QED) is 0.881. The molecule has 0 saturated carbocycles. The highest BCUT2D eigenvalue weighted by Crippen LogP contribution is 2.37. The van der Waals surface area contributed by atoms with E-state index in [-0.39, 0.29) is 28.4 Å². The van der Waals surface area contributed by atoms with Crippen molar-refractivity contribution in [3.05, 3.63) is 63.3 Å². The summed E-state index contributed by atoms with van der Waals surface area (Å²) in [6.45, 7) is 5.77. The Bertz CT molecular complexity index is 883. The average Bonchev–Trinajstić information content (AvgIpc) is 2.60. The van der Waals surface area contributed by atoms with E-state index in [1.165, 1.54) is 12.1 Å². The Labute approximate surface area is 138 Å². The number of rotatable bonds is 3. The van der Waals surface area contributed by atoms with Crippen molar-refractivity contribution < 1.29 is 14.2 Å². The average molecular weight is 328 g/mol. The van der Waals surface area contributed by atoms with E-state index in [4.69, 9.17) is 4.74 Å². The molecule has 5 nitrogen and oxygen atoms in total. The van der Waals surface area contributed by atoms with Gasteiger partial charge < -0.3 is 9.84 Å². The Hall–Kier alpha value is -2.89. The van der Waals surface area contributed by atoms with E-state index in [1.54, 1.807) is 29.7 Å². The van der Waals surface area contributed by atoms with Crippen molar-refractivity contribution in [2.45, 2.75) is 19.9 Å². The summed E-state index contributed by atoms with van der Waals surface area (Å²) in [5.74, 6) is -0.0180. The van der Waals surface area contributed by atoms with Gasteiger partial charge in [0.2, 0.25) is 0 Å². The van der Waals surface area contributed by atoms with Crippen LogP contribution >= 0.6 is 0 Å². The van der Waals surface area contributed by atoms with Gasteiger partial charge in [-0.1, -0.05) is 12.1 Å². The Kier molecular flexibility index (Phi) is 4.20. The maximum Gasteiger partial charge on any atom is 0.258 e. The number of fused-ring (bicyclic) bond motifs is 1. The predicted molar refractivity (Wildman–Crippen MR) is 90.3 cm³/mol. The molecule has 0 saturated heterocycles. The first-order chi connectivity index (χ1) is 11.5. The zero-order valence-corrected chi connectivity index (χ0v) is 13.3. The van der Waals surface area contributed by atoms with Gasteiger partial charge in [-0.3, -0.25) is 14.4 Å². The molecule has 0 bridgehead atoms. The molecule has 0 atom stereocenters. The number of aliphatic imine (C=N–C) groups is 1. The van der Waals surface area contributed by atoms with E-state index in [9.17, 15) is 14.3 Å². The van der Waals surface area contributed by atoms with Gasteiger partial charge in [-0.25, -0.2) is 4.39 Å². The second kappa shape index (κ2) is 6.31. The Morgan fingerprint density at radius 3 is 2.79 bits per heavy atom.